The average Bonchev–Trinajstić information content (AvgIpc) is 2.17. The summed E-state index contributed by atoms with van der Waals surface area (Å²) in [5.41, 5.74) is 2.14. The molecule has 0 spiro atoms. The molecule has 1 heteroatoms. The zero-order valence-electron chi connectivity index (χ0n) is 9.29. The number of ketones is 1. The van der Waals surface area contributed by atoms with Crippen LogP contribution in [0.2, 0.25) is 0 Å². The van der Waals surface area contributed by atoms with Crippen LogP contribution in [0.1, 0.15) is 31.4 Å². The molecular weight excluding hydrogens is 184 g/mol. The van der Waals surface area contributed by atoms with Gasteiger partial charge < -0.3 is 4.79 Å². The SMILES string of the molecule is C#Cc1ccc(CC(C)CC(C)=O)cc1. The van der Waals surface area contributed by atoms with Gasteiger partial charge in [0.1, 0.15) is 5.78 Å². The monoisotopic (exact) mass is 200 g/mol. The lowest BCUT2D eigenvalue weighted by atomic mass is 9.96. The molecule has 0 radical (unpaired) electrons. The number of terminal acetylenes is 1. The minimum Gasteiger partial charge on any atom is -0.300 e. The molecule has 1 aromatic carbocycles. The number of hydrogen-bond donors (Lipinski definition) is 0. The Hall–Kier alpha value is -1.55. The Balaban J connectivity index is 2.58. The van der Waals surface area contributed by atoms with Crippen LogP contribution in [0.4, 0.5) is 0 Å². The van der Waals surface area contributed by atoms with Crippen molar-refractivity contribution in [2.75, 3.05) is 0 Å². The van der Waals surface area contributed by atoms with Crippen LogP contribution in [-0.2, 0) is 11.2 Å². The highest BCUT2D eigenvalue weighted by molar-refractivity contribution is 5.75. The summed E-state index contributed by atoms with van der Waals surface area (Å²) >= 11 is 0. The van der Waals surface area contributed by atoms with Crippen LogP contribution in [0.25, 0.3) is 0 Å². The van der Waals surface area contributed by atoms with E-state index in [2.05, 4.69) is 12.8 Å². The van der Waals surface area contributed by atoms with E-state index < -0.39 is 0 Å². The Morgan fingerprint density at radius 2 is 2.00 bits per heavy atom. The number of rotatable bonds is 4. The third-order valence-corrected chi connectivity index (χ3v) is 2.34. The second-order valence-electron chi connectivity index (χ2n) is 4.06. The minimum atomic E-state index is 0.253. The Morgan fingerprint density at radius 1 is 1.40 bits per heavy atom. The third-order valence-electron chi connectivity index (χ3n) is 2.34. The minimum absolute atomic E-state index is 0.253. The third kappa shape index (κ3) is 3.99. The number of carbonyl (C=O) groups is 1. The van der Waals surface area contributed by atoms with Crippen LogP contribution >= 0.6 is 0 Å². The lowest BCUT2D eigenvalue weighted by Crippen LogP contribution is -2.04. The van der Waals surface area contributed by atoms with Crippen molar-refractivity contribution in [2.45, 2.75) is 26.7 Å². The Labute approximate surface area is 91.5 Å². The van der Waals surface area contributed by atoms with Crippen molar-refractivity contribution < 1.29 is 4.79 Å². The van der Waals surface area contributed by atoms with E-state index in [4.69, 9.17) is 6.42 Å². The molecule has 1 rings (SSSR count). The largest absolute Gasteiger partial charge is 0.300 e. The van der Waals surface area contributed by atoms with Crippen LogP contribution in [0.15, 0.2) is 24.3 Å². The summed E-state index contributed by atoms with van der Waals surface area (Å²) in [6, 6.07) is 7.95. The number of benzene rings is 1. The van der Waals surface area contributed by atoms with Crippen molar-refractivity contribution in [3.63, 3.8) is 0 Å². The van der Waals surface area contributed by atoms with Crippen LogP contribution in [0.3, 0.4) is 0 Å². The van der Waals surface area contributed by atoms with Gasteiger partial charge in [0.2, 0.25) is 0 Å². The molecule has 0 saturated carbocycles. The van der Waals surface area contributed by atoms with Gasteiger partial charge in [0.05, 0.1) is 0 Å². The Bertz CT molecular complexity index is 367. The highest BCUT2D eigenvalue weighted by Crippen LogP contribution is 2.12. The van der Waals surface area contributed by atoms with Gasteiger partial charge in [-0.15, -0.1) is 6.42 Å². The Kier molecular flexibility index (Phi) is 4.12. The van der Waals surface area contributed by atoms with Gasteiger partial charge in [0.25, 0.3) is 0 Å². The topological polar surface area (TPSA) is 17.1 Å². The highest BCUT2D eigenvalue weighted by Gasteiger charge is 2.06. The van der Waals surface area contributed by atoms with Crippen molar-refractivity contribution in [1.29, 1.82) is 0 Å². The molecule has 0 aromatic heterocycles. The van der Waals surface area contributed by atoms with Gasteiger partial charge in [-0.3, -0.25) is 0 Å². The van der Waals surface area contributed by atoms with E-state index in [1.807, 2.05) is 24.3 Å². The van der Waals surface area contributed by atoms with Crippen molar-refractivity contribution in [2.24, 2.45) is 5.92 Å². The van der Waals surface area contributed by atoms with E-state index >= 15 is 0 Å². The van der Waals surface area contributed by atoms with Crippen LogP contribution in [0.5, 0.6) is 0 Å². The first-order valence-electron chi connectivity index (χ1n) is 5.17. The molecular formula is C14H16O. The van der Waals surface area contributed by atoms with E-state index in [1.165, 1.54) is 5.56 Å². The molecule has 0 amide bonds. The summed E-state index contributed by atoms with van der Waals surface area (Å²) < 4.78 is 0. The maximum absolute atomic E-state index is 10.9. The number of hydrogen-bond acceptors (Lipinski definition) is 1. The zero-order chi connectivity index (χ0) is 11.3. The maximum Gasteiger partial charge on any atom is 0.130 e. The molecule has 0 heterocycles. The molecule has 15 heavy (non-hydrogen) atoms. The molecule has 0 aliphatic rings. The van der Waals surface area contributed by atoms with Crippen molar-refractivity contribution in [3.8, 4) is 12.3 Å². The summed E-state index contributed by atoms with van der Waals surface area (Å²) in [7, 11) is 0. The Morgan fingerprint density at radius 3 is 2.47 bits per heavy atom. The number of Topliss-reactive ketones (excluding diaryl/α,β-unsaturated/α-hetero) is 1. The fourth-order valence-electron chi connectivity index (χ4n) is 1.70. The summed E-state index contributed by atoms with van der Waals surface area (Å²) in [4.78, 5) is 10.9. The number of carbonyl (C=O) groups excluding carboxylic acids is 1. The van der Waals surface area contributed by atoms with E-state index in [1.54, 1.807) is 6.92 Å². The van der Waals surface area contributed by atoms with Gasteiger partial charge in [-0.05, 0) is 37.0 Å². The second-order valence-corrected chi connectivity index (χ2v) is 4.06. The van der Waals surface area contributed by atoms with Crippen LogP contribution in [-0.4, -0.2) is 5.78 Å². The molecule has 0 aliphatic heterocycles. The van der Waals surface area contributed by atoms with Crippen molar-refractivity contribution in [1.82, 2.24) is 0 Å². The van der Waals surface area contributed by atoms with Crippen LogP contribution in [0, 0.1) is 18.3 Å². The lowest BCUT2D eigenvalue weighted by molar-refractivity contribution is -0.117. The summed E-state index contributed by atoms with van der Waals surface area (Å²) in [5, 5.41) is 0. The van der Waals surface area contributed by atoms with E-state index in [0.717, 1.165) is 12.0 Å². The molecule has 0 fully saturated rings. The first-order chi connectivity index (χ1) is 7.11. The molecule has 1 aromatic rings. The predicted octanol–water partition coefficient (Wildman–Crippen LogP) is 2.83. The highest BCUT2D eigenvalue weighted by atomic mass is 16.1. The zero-order valence-corrected chi connectivity index (χ0v) is 9.29. The van der Waals surface area contributed by atoms with Gasteiger partial charge in [0, 0.05) is 12.0 Å². The maximum atomic E-state index is 10.9. The predicted molar refractivity (Wildman–Crippen MR) is 62.5 cm³/mol. The van der Waals surface area contributed by atoms with E-state index in [0.29, 0.717) is 12.3 Å². The average molecular weight is 200 g/mol. The fraction of sp³-hybridized carbons (Fsp3) is 0.357. The molecule has 1 atom stereocenters. The van der Waals surface area contributed by atoms with E-state index in [-0.39, 0.29) is 5.78 Å². The molecule has 0 N–H and O–H groups in total. The van der Waals surface area contributed by atoms with E-state index in [9.17, 15) is 4.79 Å². The molecule has 0 saturated heterocycles. The van der Waals surface area contributed by atoms with Gasteiger partial charge in [-0.1, -0.05) is 25.0 Å². The van der Waals surface area contributed by atoms with Gasteiger partial charge in [-0.2, -0.15) is 0 Å². The fourth-order valence-corrected chi connectivity index (χ4v) is 1.70. The smallest absolute Gasteiger partial charge is 0.130 e. The normalized spacial score (nSPS) is 11.8. The first-order valence-corrected chi connectivity index (χ1v) is 5.17. The summed E-state index contributed by atoms with van der Waals surface area (Å²) in [6.45, 7) is 3.73. The van der Waals surface area contributed by atoms with Gasteiger partial charge >= 0.3 is 0 Å². The standard InChI is InChI=1S/C14H16O/c1-4-13-5-7-14(8-6-13)10-11(2)9-12(3)15/h1,5-8,11H,9-10H2,2-3H3. The molecule has 1 nitrogen and oxygen atoms in total. The molecule has 0 aliphatic carbocycles. The molecule has 78 valence electrons. The second kappa shape index (κ2) is 5.36. The molecule has 1 unspecified atom stereocenters. The van der Waals surface area contributed by atoms with Crippen molar-refractivity contribution >= 4 is 5.78 Å². The summed E-state index contributed by atoms with van der Waals surface area (Å²) in [6.07, 6.45) is 6.86. The lowest BCUT2D eigenvalue weighted by Gasteiger charge is -2.09. The van der Waals surface area contributed by atoms with Gasteiger partial charge in [0.15, 0.2) is 0 Å². The summed E-state index contributed by atoms with van der Waals surface area (Å²) in [5.74, 6) is 3.24. The molecule has 0 bridgehead atoms. The quantitative estimate of drug-likeness (QED) is 0.683. The van der Waals surface area contributed by atoms with Gasteiger partial charge in [-0.25, -0.2) is 0 Å². The van der Waals surface area contributed by atoms with Crippen molar-refractivity contribution in [3.05, 3.63) is 35.4 Å². The van der Waals surface area contributed by atoms with Crippen LogP contribution < -0.4 is 0 Å². The first kappa shape index (κ1) is 11.5.